The van der Waals surface area contributed by atoms with Crippen LogP contribution >= 0.6 is 11.3 Å². The maximum Gasteiger partial charge on any atom is 0.242 e. The van der Waals surface area contributed by atoms with E-state index in [0.717, 1.165) is 4.88 Å². The van der Waals surface area contributed by atoms with Crippen LogP contribution in [0.1, 0.15) is 18.2 Å². The summed E-state index contributed by atoms with van der Waals surface area (Å²) in [6.07, 6.45) is 1.04. The molecule has 124 valence electrons. The molecule has 3 heterocycles. The summed E-state index contributed by atoms with van der Waals surface area (Å²) in [6.45, 7) is 2.66. The molecule has 0 radical (unpaired) electrons. The van der Waals surface area contributed by atoms with Crippen molar-refractivity contribution in [2.24, 2.45) is 5.92 Å². The first-order chi connectivity index (χ1) is 11.0. The number of carbonyl (C=O) groups excluding carboxylic acids is 3. The first-order valence-electron chi connectivity index (χ1n) is 7.82. The van der Waals surface area contributed by atoms with Crippen molar-refractivity contribution in [1.29, 1.82) is 0 Å². The normalized spacial score (nSPS) is 26.3. The third kappa shape index (κ3) is 2.97. The third-order valence-corrected chi connectivity index (χ3v) is 5.67. The minimum atomic E-state index is -0.401. The van der Waals surface area contributed by atoms with Crippen LogP contribution in [0.5, 0.6) is 0 Å². The Bertz CT molecular complexity index is 616. The van der Waals surface area contributed by atoms with Gasteiger partial charge in [0, 0.05) is 37.9 Å². The molecule has 3 atom stereocenters. The first kappa shape index (κ1) is 16.0. The Morgan fingerprint density at radius 1 is 1.35 bits per heavy atom. The fraction of sp³-hybridized carbons (Fsp3) is 0.562. The van der Waals surface area contributed by atoms with Crippen LogP contribution in [-0.2, 0) is 20.8 Å². The lowest BCUT2D eigenvalue weighted by molar-refractivity contribution is -0.139. The minimum absolute atomic E-state index is 0.0397. The number of nitrogens with zero attached hydrogens (tertiary/aromatic N) is 2. The molecule has 3 amide bonds. The Labute approximate surface area is 139 Å². The highest BCUT2D eigenvalue weighted by Gasteiger charge is 2.50. The number of nitrogens with one attached hydrogen (secondary N) is 1. The number of likely N-dealkylation sites (tertiary alicyclic amines) is 2. The largest absolute Gasteiger partial charge is 0.357 e. The van der Waals surface area contributed by atoms with E-state index in [1.807, 2.05) is 22.4 Å². The van der Waals surface area contributed by atoms with Gasteiger partial charge in [0.05, 0.1) is 12.5 Å². The number of carbonyl (C=O) groups is 3. The lowest BCUT2D eigenvalue weighted by Crippen LogP contribution is -2.49. The maximum atomic E-state index is 12.4. The van der Waals surface area contributed by atoms with E-state index in [9.17, 15) is 14.4 Å². The molecule has 2 unspecified atom stereocenters. The molecule has 2 fully saturated rings. The Morgan fingerprint density at radius 2 is 2.13 bits per heavy atom. The summed E-state index contributed by atoms with van der Waals surface area (Å²) in [5.41, 5.74) is 0. The number of likely N-dealkylation sites (N-methyl/N-ethyl adjacent to an activating group) is 1. The molecule has 0 saturated carbocycles. The van der Waals surface area contributed by atoms with Crippen LogP contribution in [0, 0.1) is 5.92 Å². The summed E-state index contributed by atoms with van der Waals surface area (Å²) in [4.78, 5) is 41.0. The summed E-state index contributed by atoms with van der Waals surface area (Å²) < 4.78 is 0. The van der Waals surface area contributed by atoms with Gasteiger partial charge in [-0.05, 0) is 17.9 Å². The van der Waals surface area contributed by atoms with Crippen LogP contribution in [0.15, 0.2) is 17.5 Å². The van der Waals surface area contributed by atoms with Gasteiger partial charge < -0.3 is 15.1 Å². The Hall–Kier alpha value is -1.89. The number of thiophene rings is 1. The molecule has 1 aromatic rings. The molecular weight excluding hydrogens is 314 g/mol. The van der Waals surface area contributed by atoms with E-state index < -0.39 is 6.04 Å². The SMILES string of the molecule is CNC(=O)[C@H]1CC2CN(C(=O)Cc3cccs3)CC2N1C(C)=O. The van der Waals surface area contributed by atoms with Gasteiger partial charge in [-0.15, -0.1) is 11.3 Å². The number of amides is 3. The molecule has 0 spiro atoms. The van der Waals surface area contributed by atoms with E-state index in [1.165, 1.54) is 6.92 Å². The molecule has 23 heavy (non-hydrogen) atoms. The van der Waals surface area contributed by atoms with Gasteiger partial charge in [0.25, 0.3) is 0 Å². The Balaban J connectivity index is 1.69. The average molecular weight is 335 g/mol. The van der Waals surface area contributed by atoms with Crippen molar-refractivity contribution in [2.75, 3.05) is 20.1 Å². The molecule has 6 nitrogen and oxygen atoms in total. The maximum absolute atomic E-state index is 12.4. The van der Waals surface area contributed by atoms with Crippen molar-refractivity contribution in [3.8, 4) is 0 Å². The molecular formula is C16H21N3O3S. The lowest BCUT2D eigenvalue weighted by Gasteiger charge is -2.28. The van der Waals surface area contributed by atoms with Gasteiger partial charge in [-0.2, -0.15) is 0 Å². The lowest BCUT2D eigenvalue weighted by atomic mass is 10.0. The van der Waals surface area contributed by atoms with Gasteiger partial charge in [0.1, 0.15) is 6.04 Å². The van der Waals surface area contributed by atoms with Gasteiger partial charge in [0.2, 0.25) is 17.7 Å². The first-order valence-corrected chi connectivity index (χ1v) is 8.70. The monoisotopic (exact) mass is 335 g/mol. The zero-order chi connectivity index (χ0) is 16.6. The van der Waals surface area contributed by atoms with Gasteiger partial charge >= 0.3 is 0 Å². The highest BCUT2D eigenvalue weighted by molar-refractivity contribution is 7.10. The van der Waals surface area contributed by atoms with Gasteiger partial charge in [0.15, 0.2) is 0 Å². The fourth-order valence-corrected chi connectivity index (χ4v) is 4.46. The van der Waals surface area contributed by atoms with Crippen molar-refractivity contribution in [1.82, 2.24) is 15.1 Å². The van der Waals surface area contributed by atoms with E-state index in [-0.39, 0.29) is 29.7 Å². The van der Waals surface area contributed by atoms with Crippen molar-refractivity contribution in [3.05, 3.63) is 22.4 Å². The summed E-state index contributed by atoms with van der Waals surface area (Å²) in [5.74, 6) is 0.0695. The van der Waals surface area contributed by atoms with Crippen molar-refractivity contribution < 1.29 is 14.4 Å². The highest BCUT2D eigenvalue weighted by Crippen LogP contribution is 2.36. The van der Waals surface area contributed by atoms with Gasteiger partial charge in [-0.3, -0.25) is 14.4 Å². The van der Waals surface area contributed by atoms with E-state index in [1.54, 1.807) is 23.3 Å². The standard InChI is InChI=1S/C16H21N3O3S/c1-10(20)19-13(16(22)17-2)6-11-8-18(9-14(11)19)15(21)7-12-4-3-5-23-12/h3-5,11,13-14H,6-9H2,1-2H3,(H,17,22)/t11?,13-,14?/m1/s1. The summed E-state index contributed by atoms with van der Waals surface area (Å²) in [6, 6.07) is 3.46. The second kappa shape index (κ2) is 6.31. The van der Waals surface area contributed by atoms with Gasteiger partial charge in [-0.1, -0.05) is 6.07 Å². The Kier molecular flexibility index (Phi) is 4.39. The molecule has 0 aliphatic carbocycles. The number of hydrogen-bond donors (Lipinski definition) is 1. The second-order valence-corrected chi connectivity index (χ2v) is 7.21. The number of rotatable bonds is 3. The van der Waals surface area contributed by atoms with Crippen molar-refractivity contribution in [2.45, 2.75) is 31.8 Å². The van der Waals surface area contributed by atoms with Crippen molar-refractivity contribution >= 4 is 29.1 Å². The topological polar surface area (TPSA) is 69.7 Å². The molecule has 7 heteroatoms. The molecule has 2 aliphatic heterocycles. The number of hydrogen-bond acceptors (Lipinski definition) is 4. The average Bonchev–Trinajstić information content (AvgIpc) is 3.20. The van der Waals surface area contributed by atoms with E-state index in [0.29, 0.717) is 25.9 Å². The summed E-state index contributed by atoms with van der Waals surface area (Å²) in [5, 5.41) is 4.60. The molecule has 3 rings (SSSR count). The van der Waals surface area contributed by atoms with Crippen LogP contribution in [-0.4, -0.2) is 59.7 Å². The zero-order valence-electron chi connectivity index (χ0n) is 13.3. The molecule has 1 aromatic heterocycles. The van der Waals surface area contributed by atoms with Crippen molar-refractivity contribution in [3.63, 3.8) is 0 Å². The van der Waals surface area contributed by atoms with E-state index in [2.05, 4.69) is 5.32 Å². The Morgan fingerprint density at radius 3 is 2.74 bits per heavy atom. The van der Waals surface area contributed by atoms with Gasteiger partial charge in [-0.25, -0.2) is 0 Å². The molecule has 2 saturated heterocycles. The predicted molar refractivity (Wildman–Crippen MR) is 86.9 cm³/mol. The highest BCUT2D eigenvalue weighted by atomic mass is 32.1. The van der Waals surface area contributed by atoms with E-state index >= 15 is 0 Å². The smallest absolute Gasteiger partial charge is 0.242 e. The van der Waals surface area contributed by atoms with E-state index in [4.69, 9.17) is 0 Å². The zero-order valence-corrected chi connectivity index (χ0v) is 14.1. The molecule has 2 aliphatic rings. The second-order valence-electron chi connectivity index (χ2n) is 6.17. The van der Waals surface area contributed by atoms with Crippen LogP contribution in [0.2, 0.25) is 0 Å². The third-order valence-electron chi connectivity index (χ3n) is 4.80. The van der Waals surface area contributed by atoms with Crippen LogP contribution in [0.4, 0.5) is 0 Å². The quantitative estimate of drug-likeness (QED) is 0.874. The summed E-state index contributed by atoms with van der Waals surface area (Å²) in [7, 11) is 1.59. The summed E-state index contributed by atoms with van der Waals surface area (Å²) >= 11 is 1.58. The molecule has 0 aromatic carbocycles. The van der Waals surface area contributed by atoms with Crippen LogP contribution < -0.4 is 5.32 Å². The molecule has 1 N–H and O–H groups in total. The van der Waals surface area contributed by atoms with Crippen LogP contribution in [0.25, 0.3) is 0 Å². The number of fused-ring (bicyclic) bond motifs is 1. The predicted octanol–water partition coefficient (Wildman–Crippen LogP) is 0.484. The minimum Gasteiger partial charge on any atom is -0.357 e. The molecule has 0 bridgehead atoms. The fourth-order valence-electron chi connectivity index (χ4n) is 3.76. The van der Waals surface area contributed by atoms with Crippen LogP contribution in [0.3, 0.4) is 0 Å².